The fraction of sp³-hybridized carbons (Fsp3) is 0.357. The summed E-state index contributed by atoms with van der Waals surface area (Å²) in [5.74, 6) is 0.750. The van der Waals surface area contributed by atoms with Crippen LogP contribution >= 0.6 is 0 Å². The number of pyridine rings is 1. The van der Waals surface area contributed by atoms with Gasteiger partial charge in [-0.25, -0.2) is 0 Å². The van der Waals surface area contributed by atoms with E-state index in [4.69, 9.17) is 4.98 Å². The molecule has 1 nitrogen and oxygen atoms in total. The highest BCUT2D eigenvalue weighted by atomic mass is 14.7. The summed E-state index contributed by atoms with van der Waals surface area (Å²) in [6.07, 6.45) is 3.75. The molecule has 0 unspecified atom stereocenters. The normalized spacial score (nSPS) is 15.8. The lowest BCUT2D eigenvalue weighted by molar-refractivity contribution is 1.04. The van der Waals surface area contributed by atoms with Crippen LogP contribution in [-0.2, 0) is 6.42 Å². The van der Waals surface area contributed by atoms with Crippen LogP contribution < -0.4 is 0 Å². The molecule has 3 rings (SSSR count). The first-order chi connectivity index (χ1) is 7.36. The van der Waals surface area contributed by atoms with E-state index < -0.39 is 0 Å². The Morgan fingerprint density at radius 3 is 2.80 bits per heavy atom. The van der Waals surface area contributed by atoms with Gasteiger partial charge < -0.3 is 0 Å². The van der Waals surface area contributed by atoms with E-state index in [-0.39, 0.29) is 0 Å². The molecule has 15 heavy (non-hydrogen) atoms. The van der Waals surface area contributed by atoms with E-state index in [0.717, 1.165) is 17.9 Å². The largest absolute Gasteiger partial charge is 0.253 e. The lowest BCUT2D eigenvalue weighted by atomic mass is 10.1. The molecular formula is C14H15N. The molecule has 0 atom stereocenters. The summed E-state index contributed by atoms with van der Waals surface area (Å²) in [4.78, 5) is 4.71. The second kappa shape index (κ2) is 3.34. The monoisotopic (exact) mass is 197 g/mol. The van der Waals surface area contributed by atoms with Crippen LogP contribution in [0.2, 0.25) is 0 Å². The van der Waals surface area contributed by atoms with Crippen molar-refractivity contribution < 1.29 is 0 Å². The van der Waals surface area contributed by atoms with E-state index in [2.05, 4.69) is 37.3 Å². The van der Waals surface area contributed by atoms with Crippen LogP contribution in [0.5, 0.6) is 0 Å². The van der Waals surface area contributed by atoms with Crippen LogP contribution in [0.15, 0.2) is 30.3 Å². The molecule has 1 heteroatoms. The van der Waals surface area contributed by atoms with Crippen LogP contribution in [0.25, 0.3) is 10.9 Å². The Morgan fingerprint density at radius 1 is 1.20 bits per heavy atom. The van der Waals surface area contributed by atoms with E-state index >= 15 is 0 Å². The van der Waals surface area contributed by atoms with Gasteiger partial charge in [0, 0.05) is 17.0 Å². The highest BCUT2D eigenvalue weighted by Gasteiger charge is 2.24. The van der Waals surface area contributed by atoms with Crippen molar-refractivity contribution >= 4 is 10.9 Å². The number of aryl methyl sites for hydroxylation is 1. The SMILES string of the molecule is CCc1ccc2nc(C3CC3)ccc2c1. The predicted octanol–water partition coefficient (Wildman–Crippen LogP) is 3.67. The molecule has 1 saturated carbocycles. The van der Waals surface area contributed by atoms with Crippen molar-refractivity contribution in [3.05, 3.63) is 41.6 Å². The van der Waals surface area contributed by atoms with Crippen molar-refractivity contribution in [2.75, 3.05) is 0 Å². The minimum atomic E-state index is 0.750. The molecule has 1 fully saturated rings. The summed E-state index contributed by atoms with van der Waals surface area (Å²) in [6, 6.07) is 11.0. The third-order valence-corrected chi connectivity index (χ3v) is 3.18. The van der Waals surface area contributed by atoms with Crippen molar-refractivity contribution in [2.24, 2.45) is 0 Å². The molecule has 2 aromatic rings. The van der Waals surface area contributed by atoms with E-state index in [9.17, 15) is 0 Å². The van der Waals surface area contributed by atoms with Crippen LogP contribution in [-0.4, -0.2) is 4.98 Å². The van der Waals surface area contributed by atoms with E-state index in [1.165, 1.54) is 29.5 Å². The lowest BCUT2D eigenvalue weighted by Gasteiger charge is -2.03. The maximum atomic E-state index is 4.71. The van der Waals surface area contributed by atoms with Gasteiger partial charge >= 0.3 is 0 Å². The van der Waals surface area contributed by atoms with Gasteiger partial charge in [-0.05, 0) is 43.0 Å². The third-order valence-electron chi connectivity index (χ3n) is 3.18. The van der Waals surface area contributed by atoms with Gasteiger partial charge in [-0.1, -0.05) is 19.1 Å². The zero-order chi connectivity index (χ0) is 10.3. The molecule has 1 aromatic carbocycles. The van der Waals surface area contributed by atoms with Crippen LogP contribution in [0.3, 0.4) is 0 Å². The van der Waals surface area contributed by atoms with Gasteiger partial charge in [-0.3, -0.25) is 4.98 Å². The summed E-state index contributed by atoms with van der Waals surface area (Å²) in [5.41, 5.74) is 3.83. The minimum Gasteiger partial charge on any atom is -0.253 e. The average Bonchev–Trinajstić information content (AvgIpc) is 3.11. The minimum absolute atomic E-state index is 0.750. The Bertz CT molecular complexity index is 498. The van der Waals surface area contributed by atoms with E-state index in [1.807, 2.05) is 0 Å². The van der Waals surface area contributed by atoms with Crippen LogP contribution in [0.1, 0.15) is 36.9 Å². The molecule has 1 heterocycles. The maximum absolute atomic E-state index is 4.71. The van der Waals surface area contributed by atoms with Gasteiger partial charge in [0.05, 0.1) is 5.52 Å². The fourth-order valence-electron chi connectivity index (χ4n) is 2.02. The van der Waals surface area contributed by atoms with Gasteiger partial charge in [0.2, 0.25) is 0 Å². The molecule has 0 N–H and O–H groups in total. The number of benzene rings is 1. The topological polar surface area (TPSA) is 12.9 Å². The number of aromatic nitrogens is 1. The Labute approximate surface area is 90.2 Å². The summed E-state index contributed by atoms with van der Waals surface area (Å²) in [6.45, 7) is 2.19. The fourth-order valence-corrected chi connectivity index (χ4v) is 2.02. The number of fused-ring (bicyclic) bond motifs is 1. The van der Waals surface area contributed by atoms with Gasteiger partial charge in [0.1, 0.15) is 0 Å². The zero-order valence-electron chi connectivity index (χ0n) is 9.03. The maximum Gasteiger partial charge on any atom is 0.0705 e. The zero-order valence-corrected chi connectivity index (χ0v) is 9.03. The molecule has 0 bridgehead atoms. The molecule has 1 aliphatic carbocycles. The Hall–Kier alpha value is -1.37. The number of rotatable bonds is 2. The van der Waals surface area contributed by atoms with Crippen molar-refractivity contribution in [1.82, 2.24) is 4.98 Å². The summed E-state index contributed by atoms with van der Waals surface area (Å²) >= 11 is 0. The van der Waals surface area contributed by atoms with Gasteiger partial charge in [-0.2, -0.15) is 0 Å². The van der Waals surface area contributed by atoms with Crippen molar-refractivity contribution in [3.8, 4) is 0 Å². The number of hydrogen-bond acceptors (Lipinski definition) is 1. The summed E-state index contributed by atoms with van der Waals surface area (Å²) in [7, 11) is 0. The van der Waals surface area contributed by atoms with Crippen molar-refractivity contribution in [3.63, 3.8) is 0 Å². The average molecular weight is 197 g/mol. The highest BCUT2D eigenvalue weighted by Crippen LogP contribution is 2.39. The first-order valence-electron chi connectivity index (χ1n) is 5.76. The lowest BCUT2D eigenvalue weighted by Crippen LogP contribution is -1.88. The molecular weight excluding hydrogens is 182 g/mol. The van der Waals surface area contributed by atoms with Crippen LogP contribution in [0, 0.1) is 0 Å². The Morgan fingerprint density at radius 2 is 2.07 bits per heavy atom. The molecule has 1 aromatic heterocycles. The number of nitrogens with zero attached hydrogens (tertiary/aromatic N) is 1. The summed E-state index contributed by atoms with van der Waals surface area (Å²) in [5, 5.41) is 1.28. The molecule has 0 aliphatic heterocycles. The van der Waals surface area contributed by atoms with Gasteiger partial charge in [-0.15, -0.1) is 0 Å². The standard InChI is InChI=1S/C14H15N/c1-2-10-3-7-14-12(9-10)6-8-13(15-14)11-4-5-11/h3,6-9,11H,2,4-5H2,1H3. The van der Waals surface area contributed by atoms with Gasteiger partial charge in [0.15, 0.2) is 0 Å². The third kappa shape index (κ3) is 1.63. The second-order valence-corrected chi connectivity index (χ2v) is 4.39. The molecule has 0 saturated heterocycles. The van der Waals surface area contributed by atoms with Crippen molar-refractivity contribution in [1.29, 1.82) is 0 Å². The molecule has 76 valence electrons. The van der Waals surface area contributed by atoms with Crippen molar-refractivity contribution in [2.45, 2.75) is 32.1 Å². The first-order valence-corrected chi connectivity index (χ1v) is 5.76. The highest BCUT2D eigenvalue weighted by molar-refractivity contribution is 5.79. The molecule has 0 radical (unpaired) electrons. The van der Waals surface area contributed by atoms with Crippen LogP contribution in [0.4, 0.5) is 0 Å². The van der Waals surface area contributed by atoms with E-state index in [1.54, 1.807) is 0 Å². The smallest absolute Gasteiger partial charge is 0.0705 e. The predicted molar refractivity (Wildman–Crippen MR) is 63.1 cm³/mol. The number of hydrogen-bond donors (Lipinski definition) is 0. The summed E-state index contributed by atoms with van der Waals surface area (Å²) < 4.78 is 0. The molecule has 0 amide bonds. The quantitative estimate of drug-likeness (QED) is 0.715. The van der Waals surface area contributed by atoms with E-state index in [0.29, 0.717) is 0 Å². The first kappa shape index (κ1) is 8.90. The Balaban J connectivity index is 2.11. The Kier molecular flexibility index (Phi) is 1.98. The molecule has 0 spiro atoms. The molecule has 1 aliphatic rings. The van der Waals surface area contributed by atoms with Gasteiger partial charge in [0.25, 0.3) is 0 Å². The second-order valence-electron chi connectivity index (χ2n) is 4.39.